The first-order valence-corrected chi connectivity index (χ1v) is 12.4. The average molecular weight is 515 g/mol. The van der Waals surface area contributed by atoms with E-state index in [1.165, 1.54) is 18.2 Å². The number of ether oxygens (including phenoxy) is 2. The fourth-order valence-electron chi connectivity index (χ4n) is 4.85. The Hall–Kier alpha value is -3.32. The van der Waals surface area contributed by atoms with E-state index < -0.39 is 23.3 Å². The maximum absolute atomic E-state index is 15.0. The normalized spacial score (nSPS) is 18.3. The van der Waals surface area contributed by atoms with E-state index in [1.807, 2.05) is 0 Å². The Morgan fingerprint density at radius 3 is 2.22 bits per heavy atom. The van der Waals surface area contributed by atoms with E-state index in [9.17, 15) is 13.9 Å². The second-order valence-corrected chi connectivity index (χ2v) is 9.45. The first kappa shape index (κ1) is 26.7. The van der Waals surface area contributed by atoms with Crippen LogP contribution in [0.15, 0.2) is 61.2 Å². The molecular formula is C30H30F4O3. The van der Waals surface area contributed by atoms with Crippen LogP contribution in [0.3, 0.4) is 0 Å². The van der Waals surface area contributed by atoms with E-state index in [2.05, 4.69) is 6.58 Å². The Bertz CT molecular complexity index is 1230. The Labute approximate surface area is 214 Å². The third kappa shape index (κ3) is 5.99. The van der Waals surface area contributed by atoms with Gasteiger partial charge in [0, 0.05) is 11.1 Å². The zero-order chi connectivity index (χ0) is 26.5. The van der Waals surface area contributed by atoms with Gasteiger partial charge in [0.1, 0.15) is 19.0 Å². The predicted molar refractivity (Wildman–Crippen MR) is 135 cm³/mol. The van der Waals surface area contributed by atoms with Gasteiger partial charge in [-0.15, -0.1) is 0 Å². The van der Waals surface area contributed by atoms with E-state index in [4.69, 9.17) is 9.47 Å². The number of halogens is 4. The largest absolute Gasteiger partial charge is 0.489 e. The molecule has 0 spiro atoms. The summed E-state index contributed by atoms with van der Waals surface area (Å²) in [6.45, 7) is 5.07. The van der Waals surface area contributed by atoms with Crippen molar-refractivity contribution < 1.29 is 32.1 Å². The van der Waals surface area contributed by atoms with Crippen LogP contribution in [0.1, 0.15) is 49.7 Å². The Balaban J connectivity index is 1.42. The predicted octanol–water partition coefficient (Wildman–Crippen LogP) is 7.71. The lowest BCUT2D eigenvalue weighted by Gasteiger charge is -2.30. The lowest BCUT2D eigenvalue weighted by atomic mass is 9.76. The highest BCUT2D eigenvalue weighted by molar-refractivity contribution is 5.65. The number of aliphatic hydroxyl groups is 1. The van der Waals surface area contributed by atoms with Crippen LogP contribution in [0, 0.1) is 29.2 Å². The summed E-state index contributed by atoms with van der Waals surface area (Å²) in [5.41, 5.74) is 0.988. The van der Waals surface area contributed by atoms with E-state index >= 15 is 8.78 Å². The van der Waals surface area contributed by atoms with Gasteiger partial charge in [0.25, 0.3) is 0 Å². The molecule has 0 bridgehead atoms. The standard InChI is InChI=1S/C30H30F4O3/c1-3-16-36-26-15-10-22(27(31)30(26)34)17-37-23-11-8-21(9-12-23)25-14-13-24(28(32)29(25)33)20-6-4-19(5-7-20)18(2)35/h3,8-15,18-20,35H,1,4-7,16-17H2,2H3. The highest BCUT2D eigenvalue weighted by atomic mass is 19.2. The van der Waals surface area contributed by atoms with Crippen molar-refractivity contribution in [3.63, 3.8) is 0 Å². The minimum atomic E-state index is -1.10. The smallest absolute Gasteiger partial charge is 0.201 e. The first-order chi connectivity index (χ1) is 17.8. The Morgan fingerprint density at radius 1 is 0.865 bits per heavy atom. The van der Waals surface area contributed by atoms with E-state index in [1.54, 1.807) is 43.3 Å². The van der Waals surface area contributed by atoms with Crippen LogP contribution in [0.2, 0.25) is 0 Å². The molecule has 7 heteroatoms. The lowest BCUT2D eigenvalue weighted by molar-refractivity contribution is 0.0964. The average Bonchev–Trinajstić information content (AvgIpc) is 2.91. The molecule has 1 N–H and O–H groups in total. The van der Waals surface area contributed by atoms with Crippen LogP contribution in [-0.2, 0) is 6.61 Å². The number of aliphatic hydroxyl groups excluding tert-OH is 1. The molecule has 1 aliphatic rings. The highest BCUT2D eigenvalue weighted by Crippen LogP contribution is 2.40. The van der Waals surface area contributed by atoms with Crippen molar-refractivity contribution in [1.82, 2.24) is 0 Å². The van der Waals surface area contributed by atoms with Crippen LogP contribution in [-0.4, -0.2) is 17.8 Å². The maximum Gasteiger partial charge on any atom is 0.201 e. The molecule has 0 amide bonds. The Kier molecular flexibility index (Phi) is 8.54. The molecule has 4 rings (SSSR count). The van der Waals surface area contributed by atoms with Gasteiger partial charge in [-0.05, 0) is 79.8 Å². The van der Waals surface area contributed by atoms with Crippen LogP contribution < -0.4 is 9.47 Å². The summed E-state index contributed by atoms with van der Waals surface area (Å²) >= 11 is 0. The molecule has 1 aliphatic carbocycles. The van der Waals surface area contributed by atoms with E-state index in [-0.39, 0.29) is 48.0 Å². The maximum atomic E-state index is 15.0. The molecule has 3 aromatic carbocycles. The van der Waals surface area contributed by atoms with Crippen molar-refractivity contribution >= 4 is 0 Å². The Morgan fingerprint density at radius 2 is 1.57 bits per heavy atom. The van der Waals surface area contributed by atoms with Gasteiger partial charge in [-0.2, -0.15) is 4.39 Å². The highest BCUT2D eigenvalue weighted by Gasteiger charge is 2.28. The van der Waals surface area contributed by atoms with Crippen molar-refractivity contribution in [3.8, 4) is 22.6 Å². The molecule has 1 fully saturated rings. The summed E-state index contributed by atoms with van der Waals surface area (Å²) in [6, 6.07) is 12.2. The van der Waals surface area contributed by atoms with Gasteiger partial charge in [-0.25, -0.2) is 13.2 Å². The van der Waals surface area contributed by atoms with Crippen LogP contribution in [0.5, 0.6) is 11.5 Å². The zero-order valence-electron chi connectivity index (χ0n) is 20.7. The molecule has 1 unspecified atom stereocenters. The minimum Gasteiger partial charge on any atom is -0.489 e. The van der Waals surface area contributed by atoms with Crippen LogP contribution in [0.4, 0.5) is 17.6 Å². The molecule has 0 saturated heterocycles. The van der Waals surface area contributed by atoms with Gasteiger partial charge < -0.3 is 14.6 Å². The van der Waals surface area contributed by atoms with Gasteiger partial charge in [-0.1, -0.05) is 36.9 Å². The first-order valence-electron chi connectivity index (χ1n) is 12.4. The van der Waals surface area contributed by atoms with Gasteiger partial charge in [0.05, 0.1) is 6.10 Å². The SMILES string of the molecule is C=CCOc1ccc(COc2ccc(-c3ccc(C4CCC(C(C)O)CC4)c(F)c3F)cc2)c(F)c1F. The van der Waals surface area contributed by atoms with Gasteiger partial charge in [-0.3, -0.25) is 0 Å². The molecule has 1 saturated carbocycles. The fourth-order valence-corrected chi connectivity index (χ4v) is 4.85. The summed E-state index contributed by atoms with van der Waals surface area (Å²) in [6.07, 6.45) is 4.04. The molecule has 3 aromatic rings. The third-order valence-corrected chi connectivity index (χ3v) is 7.05. The second-order valence-electron chi connectivity index (χ2n) is 9.45. The van der Waals surface area contributed by atoms with Crippen LogP contribution in [0.25, 0.3) is 11.1 Å². The number of hydrogen-bond acceptors (Lipinski definition) is 3. The summed E-state index contributed by atoms with van der Waals surface area (Å²) in [7, 11) is 0. The topological polar surface area (TPSA) is 38.7 Å². The summed E-state index contributed by atoms with van der Waals surface area (Å²) in [4.78, 5) is 0. The molecule has 0 aromatic heterocycles. The second kappa shape index (κ2) is 11.8. The number of rotatable bonds is 9. The van der Waals surface area contributed by atoms with Crippen molar-refractivity contribution in [2.75, 3.05) is 6.61 Å². The molecule has 0 radical (unpaired) electrons. The molecule has 0 heterocycles. The summed E-state index contributed by atoms with van der Waals surface area (Å²) in [5, 5.41) is 9.78. The third-order valence-electron chi connectivity index (χ3n) is 7.05. The van der Waals surface area contributed by atoms with Crippen molar-refractivity contribution in [1.29, 1.82) is 0 Å². The molecule has 196 valence electrons. The fraction of sp³-hybridized carbons (Fsp3) is 0.333. The molecule has 1 atom stereocenters. The van der Waals surface area contributed by atoms with E-state index in [0.717, 1.165) is 12.8 Å². The van der Waals surface area contributed by atoms with Crippen molar-refractivity contribution in [3.05, 3.63) is 95.6 Å². The lowest BCUT2D eigenvalue weighted by Crippen LogP contribution is -2.23. The molecular weight excluding hydrogens is 484 g/mol. The van der Waals surface area contributed by atoms with Crippen molar-refractivity contribution in [2.24, 2.45) is 5.92 Å². The van der Waals surface area contributed by atoms with Crippen molar-refractivity contribution in [2.45, 2.75) is 51.2 Å². The summed E-state index contributed by atoms with van der Waals surface area (Å²) in [5.74, 6) is -3.61. The van der Waals surface area contributed by atoms with E-state index in [0.29, 0.717) is 29.7 Å². The minimum absolute atomic E-state index is 0.0127. The van der Waals surface area contributed by atoms with Gasteiger partial charge >= 0.3 is 0 Å². The molecule has 3 nitrogen and oxygen atoms in total. The van der Waals surface area contributed by atoms with Crippen LogP contribution >= 0.6 is 0 Å². The quantitative estimate of drug-likeness (QED) is 0.235. The number of hydrogen-bond donors (Lipinski definition) is 1. The summed E-state index contributed by atoms with van der Waals surface area (Å²) < 4.78 is 69.2. The monoisotopic (exact) mass is 514 g/mol. The zero-order valence-corrected chi connectivity index (χ0v) is 20.7. The van der Waals surface area contributed by atoms with Gasteiger partial charge in [0.2, 0.25) is 5.82 Å². The van der Waals surface area contributed by atoms with Gasteiger partial charge in [0.15, 0.2) is 23.2 Å². The molecule has 0 aliphatic heterocycles. The number of benzene rings is 3. The molecule has 37 heavy (non-hydrogen) atoms.